The number of aromatic nitrogens is 5. The first-order valence-corrected chi connectivity index (χ1v) is 12.7. The van der Waals surface area contributed by atoms with Crippen molar-refractivity contribution < 1.29 is 4.42 Å². The number of fused-ring (bicyclic) bond motifs is 1. The van der Waals surface area contributed by atoms with Gasteiger partial charge in [0.05, 0.1) is 12.3 Å². The predicted molar refractivity (Wildman–Crippen MR) is 143 cm³/mol. The van der Waals surface area contributed by atoms with Gasteiger partial charge in [-0.05, 0) is 84.0 Å². The van der Waals surface area contributed by atoms with Crippen LogP contribution < -0.4 is 5.56 Å². The fourth-order valence-electron chi connectivity index (χ4n) is 4.92. The van der Waals surface area contributed by atoms with Crippen LogP contribution in [0.1, 0.15) is 53.2 Å². The zero-order valence-electron chi connectivity index (χ0n) is 21.5. The van der Waals surface area contributed by atoms with Gasteiger partial charge in [-0.2, -0.15) is 0 Å². The van der Waals surface area contributed by atoms with Gasteiger partial charge in [0, 0.05) is 24.2 Å². The van der Waals surface area contributed by atoms with E-state index in [2.05, 4.69) is 76.5 Å². The van der Waals surface area contributed by atoms with Crippen LogP contribution >= 0.6 is 0 Å². The van der Waals surface area contributed by atoms with E-state index in [1.807, 2.05) is 30.3 Å². The monoisotopic (exact) mass is 496 g/mol. The molecule has 0 fully saturated rings. The fraction of sp³-hybridized carbons (Fsp3) is 0.310. The quantitative estimate of drug-likeness (QED) is 0.294. The summed E-state index contributed by atoms with van der Waals surface area (Å²) in [5.74, 6) is 1.55. The molecule has 0 spiro atoms. The highest BCUT2D eigenvalue weighted by Gasteiger charge is 2.26. The molecule has 0 bridgehead atoms. The maximum atomic E-state index is 13.1. The number of nitrogens with zero attached hydrogens (tertiary/aromatic N) is 5. The maximum absolute atomic E-state index is 13.1. The second-order valence-corrected chi connectivity index (χ2v) is 9.56. The van der Waals surface area contributed by atoms with E-state index < -0.39 is 0 Å². The predicted octanol–water partition coefficient (Wildman–Crippen LogP) is 4.97. The van der Waals surface area contributed by atoms with Crippen molar-refractivity contribution in [3.63, 3.8) is 0 Å². The number of hydrogen-bond donors (Lipinski definition) is 1. The average molecular weight is 497 g/mol. The van der Waals surface area contributed by atoms with Crippen LogP contribution in [0.15, 0.2) is 76.1 Å². The van der Waals surface area contributed by atoms with E-state index >= 15 is 0 Å². The Hall–Kier alpha value is -4.04. The van der Waals surface area contributed by atoms with Crippen LogP contribution in [0.3, 0.4) is 0 Å². The molecule has 0 aliphatic heterocycles. The smallest absolute Gasteiger partial charge is 0.252 e. The lowest BCUT2D eigenvalue weighted by Crippen LogP contribution is -2.34. The molecule has 0 radical (unpaired) electrons. The van der Waals surface area contributed by atoms with Gasteiger partial charge in [0.25, 0.3) is 5.56 Å². The van der Waals surface area contributed by atoms with Crippen molar-refractivity contribution in [2.24, 2.45) is 0 Å². The molecule has 0 saturated carbocycles. The minimum atomic E-state index is -0.0819. The molecule has 1 N–H and O–H groups in total. The Bertz CT molecular complexity index is 1540. The number of benzene rings is 2. The van der Waals surface area contributed by atoms with Crippen molar-refractivity contribution in [1.82, 2.24) is 30.1 Å². The van der Waals surface area contributed by atoms with Crippen molar-refractivity contribution in [1.29, 1.82) is 0 Å². The first kappa shape index (κ1) is 24.6. The van der Waals surface area contributed by atoms with E-state index in [0.717, 1.165) is 53.0 Å². The number of aromatic amines is 1. The highest BCUT2D eigenvalue weighted by Crippen LogP contribution is 2.26. The lowest BCUT2D eigenvalue weighted by atomic mass is 10.0. The highest BCUT2D eigenvalue weighted by atomic mass is 16.3. The third kappa shape index (κ3) is 5.54. The SMILES string of the molecule is CC[C@@H](c1nnnn1Cc1ccco1)N(CCc1ccccc1C)Cc1cc2cc(C)ccc2[nH]c1=O. The first-order valence-electron chi connectivity index (χ1n) is 12.7. The van der Waals surface area contributed by atoms with Crippen molar-refractivity contribution in [2.45, 2.75) is 52.7 Å². The van der Waals surface area contributed by atoms with Crippen LogP contribution in [-0.4, -0.2) is 36.6 Å². The van der Waals surface area contributed by atoms with Gasteiger partial charge in [-0.1, -0.05) is 42.8 Å². The van der Waals surface area contributed by atoms with Gasteiger partial charge in [0.1, 0.15) is 12.3 Å². The second kappa shape index (κ2) is 10.9. The Labute approximate surface area is 215 Å². The number of hydrogen-bond acceptors (Lipinski definition) is 6. The normalized spacial score (nSPS) is 12.4. The van der Waals surface area contributed by atoms with E-state index in [4.69, 9.17) is 4.42 Å². The number of tetrazole rings is 1. The van der Waals surface area contributed by atoms with Gasteiger partial charge in [-0.25, -0.2) is 4.68 Å². The van der Waals surface area contributed by atoms with E-state index in [1.165, 1.54) is 11.1 Å². The minimum Gasteiger partial charge on any atom is -0.467 e. The Kier molecular flexibility index (Phi) is 7.28. The molecule has 2 aromatic carbocycles. The number of rotatable bonds is 10. The van der Waals surface area contributed by atoms with Gasteiger partial charge in [0.2, 0.25) is 0 Å². The molecule has 3 aromatic heterocycles. The summed E-state index contributed by atoms with van der Waals surface area (Å²) < 4.78 is 7.33. The largest absolute Gasteiger partial charge is 0.467 e. The number of furan rings is 1. The number of nitrogens with one attached hydrogen (secondary N) is 1. The van der Waals surface area contributed by atoms with Crippen molar-refractivity contribution in [3.05, 3.63) is 111 Å². The lowest BCUT2D eigenvalue weighted by molar-refractivity contribution is 0.171. The molecule has 0 amide bonds. The van der Waals surface area contributed by atoms with Gasteiger partial charge in [-0.15, -0.1) is 5.10 Å². The Balaban J connectivity index is 1.49. The summed E-state index contributed by atoms with van der Waals surface area (Å²) >= 11 is 0. The van der Waals surface area contributed by atoms with Crippen LogP contribution in [0, 0.1) is 13.8 Å². The molecule has 190 valence electrons. The number of aryl methyl sites for hydroxylation is 2. The number of pyridine rings is 1. The van der Waals surface area contributed by atoms with Gasteiger partial charge in [-0.3, -0.25) is 9.69 Å². The van der Waals surface area contributed by atoms with Crippen LogP contribution in [-0.2, 0) is 19.5 Å². The highest BCUT2D eigenvalue weighted by molar-refractivity contribution is 5.79. The molecule has 0 aliphatic carbocycles. The lowest BCUT2D eigenvalue weighted by Gasteiger charge is -2.30. The molecule has 1 atom stereocenters. The van der Waals surface area contributed by atoms with Crippen LogP contribution in [0.4, 0.5) is 0 Å². The van der Waals surface area contributed by atoms with E-state index in [-0.39, 0.29) is 11.6 Å². The van der Waals surface area contributed by atoms with Crippen molar-refractivity contribution in [2.75, 3.05) is 6.54 Å². The summed E-state index contributed by atoms with van der Waals surface area (Å²) in [6.07, 6.45) is 3.29. The zero-order chi connectivity index (χ0) is 25.8. The third-order valence-corrected chi connectivity index (χ3v) is 6.95. The van der Waals surface area contributed by atoms with Gasteiger partial charge < -0.3 is 9.40 Å². The van der Waals surface area contributed by atoms with Gasteiger partial charge in [0.15, 0.2) is 5.82 Å². The first-order chi connectivity index (χ1) is 18.0. The average Bonchev–Trinajstić information content (AvgIpc) is 3.57. The third-order valence-electron chi connectivity index (χ3n) is 6.95. The standard InChI is InChI=1S/C29H32N6O2/c1-4-27(28-31-32-33-35(28)19-25-10-7-15-37-25)34(14-13-22-9-6-5-8-21(22)3)18-24-17-23-16-20(2)11-12-26(23)30-29(24)36/h5-12,15-17,27H,4,13-14,18-19H2,1-3H3,(H,30,36)/t27-/m0/s1. The molecule has 0 saturated heterocycles. The molecule has 0 unspecified atom stereocenters. The molecule has 8 nitrogen and oxygen atoms in total. The van der Waals surface area contributed by atoms with E-state index in [9.17, 15) is 4.79 Å². The summed E-state index contributed by atoms with van der Waals surface area (Å²) in [4.78, 5) is 18.5. The maximum Gasteiger partial charge on any atom is 0.252 e. The Morgan fingerprint density at radius 3 is 2.70 bits per heavy atom. The molecular formula is C29H32N6O2. The summed E-state index contributed by atoms with van der Waals surface area (Å²) in [6, 6.07) is 20.2. The van der Waals surface area contributed by atoms with Gasteiger partial charge >= 0.3 is 0 Å². The molecule has 5 aromatic rings. The molecule has 8 heteroatoms. The van der Waals surface area contributed by atoms with Crippen molar-refractivity contribution >= 4 is 10.9 Å². The summed E-state index contributed by atoms with van der Waals surface area (Å²) in [6.45, 7) is 8.01. The molecular weight excluding hydrogens is 464 g/mol. The molecule has 37 heavy (non-hydrogen) atoms. The molecule has 3 heterocycles. The molecule has 5 rings (SSSR count). The zero-order valence-corrected chi connectivity index (χ0v) is 21.5. The van der Waals surface area contributed by atoms with Crippen LogP contribution in [0.2, 0.25) is 0 Å². The Morgan fingerprint density at radius 1 is 1.05 bits per heavy atom. The minimum absolute atomic E-state index is 0.0673. The topological polar surface area (TPSA) is 92.8 Å². The Morgan fingerprint density at radius 2 is 1.92 bits per heavy atom. The summed E-state index contributed by atoms with van der Waals surface area (Å²) in [5.41, 5.74) is 5.22. The fourth-order valence-corrected chi connectivity index (χ4v) is 4.92. The van der Waals surface area contributed by atoms with Crippen LogP contribution in [0.5, 0.6) is 0 Å². The van der Waals surface area contributed by atoms with Crippen molar-refractivity contribution in [3.8, 4) is 0 Å². The second-order valence-electron chi connectivity index (χ2n) is 9.56. The molecule has 0 aliphatic rings. The van der Waals surface area contributed by atoms with Crippen LogP contribution in [0.25, 0.3) is 10.9 Å². The van der Waals surface area contributed by atoms with E-state index in [0.29, 0.717) is 13.1 Å². The van der Waals surface area contributed by atoms with E-state index in [1.54, 1.807) is 10.9 Å². The summed E-state index contributed by atoms with van der Waals surface area (Å²) in [7, 11) is 0. The summed E-state index contributed by atoms with van der Waals surface area (Å²) in [5, 5.41) is 13.7. The number of H-pyrrole nitrogens is 1.